The molecule has 0 saturated carbocycles. The van der Waals surface area contributed by atoms with Gasteiger partial charge in [0.25, 0.3) is 5.65 Å². The highest BCUT2D eigenvalue weighted by molar-refractivity contribution is 6.11. The van der Waals surface area contributed by atoms with Crippen molar-refractivity contribution in [3.8, 4) is 90.3 Å². The van der Waals surface area contributed by atoms with Gasteiger partial charge in [0.15, 0.2) is 0 Å². The molecule has 0 amide bonds. The molecule has 8 heterocycles. The minimum atomic E-state index is 0.679. The Bertz CT molecular complexity index is 7310. The number of benzene rings is 15. The first-order chi connectivity index (χ1) is 56.6. The number of para-hydroxylation sites is 9. The van der Waals surface area contributed by atoms with E-state index in [1.807, 2.05) is 48.9 Å². The Morgan fingerprint density at radius 2 is 0.588 bits per heavy atom. The second-order valence-corrected chi connectivity index (χ2v) is 28.8. The number of aromatic nitrogens is 9. The van der Waals surface area contributed by atoms with Crippen molar-refractivity contribution in [3.63, 3.8) is 0 Å². The van der Waals surface area contributed by atoms with Crippen LogP contribution in [0, 0.1) is 0 Å². The van der Waals surface area contributed by atoms with Gasteiger partial charge in [0, 0.05) is 107 Å². The summed E-state index contributed by atoms with van der Waals surface area (Å²) < 4.78 is 16.0. The predicted molar refractivity (Wildman–Crippen MR) is 471 cm³/mol. The van der Waals surface area contributed by atoms with Crippen LogP contribution in [0.1, 0.15) is 0 Å². The molecule has 0 spiro atoms. The van der Waals surface area contributed by atoms with Crippen molar-refractivity contribution in [2.24, 2.45) is 0 Å². The lowest BCUT2D eigenvalue weighted by Gasteiger charge is -2.14. The zero-order chi connectivity index (χ0) is 75.4. The van der Waals surface area contributed by atoms with Gasteiger partial charge in [0.05, 0.1) is 56.0 Å². The number of rotatable bonds is 11. The quantitative estimate of drug-likeness (QED) is 0.121. The summed E-state index contributed by atoms with van der Waals surface area (Å²) in [6.07, 6.45) is 10.2. The Labute approximate surface area is 658 Å². The molecule has 23 rings (SSSR count). The van der Waals surface area contributed by atoms with Gasteiger partial charge in [-0.1, -0.05) is 267 Å². The van der Waals surface area contributed by atoms with Crippen molar-refractivity contribution >= 4 is 92.9 Å². The van der Waals surface area contributed by atoms with E-state index in [9.17, 15) is 0 Å². The largest absolute Gasteiger partial charge is 0.316 e. The van der Waals surface area contributed by atoms with Crippen LogP contribution in [0.3, 0.4) is 0 Å². The molecule has 0 fully saturated rings. The first kappa shape index (κ1) is 66.7. The van der Waals surface area contributed by atoms with Crippen molar-refractivity contribution in [2.45, 2.75) is 0 Å². The standard InChI is InChI=1S/C38H26N2.C35H24N5.C32H22N2/c1-2-10-27(11-3-1)28-18-20-29(21-19-28)38-26-30-12-4-7-15-35(30)39(38)31-22-24-32(25-23-31)40-36-16-8-5-13-33(36)34-14-6-9-17-37(34)40;1-2-10-27(11-3-1)40-33(24-38-21-9-8-16-34(38)40)35-36-22-26(23-37-35)25-17-19-28(20-18-25)39-31-14-6-4-12-29(31)30-13-5-7-15-32(30)39;1-2-10-23(11-3-1)29-22-33(30-15-7-4-14-28(29)30)24-18-20-25(21-19-24)34-31-16-8-5-12-26(31)27-13-6-9-17-32(27)34/h1-26H;1-24H;1-22H/q;+1;. The maximum absolute atomic E-state index is 4.81. The number of pyridine rings is 1. The summed E-state index contributed by atoms with van der Waals surface area (Å²) in [6.45, 7) is 0. The van der Waals surface area contributed by atoms with Crippen LogP contribution in [0.2, 0.25) is 0 Å². The van der Waals surface area contributed by atoms with E-state index >= 15 is 0 Å². The number of hydrogen-bond acceptors (Lipinski definition) is 2. The van der Waals surface area contributed by atoms with Gasteiger partial charge < -0.3 is 22.8 Å². The van der Waals surface area contributed by atoms with Crippen molar-refractivity contribution in [2.75, 3.05) is 0 Å². The maximum atomic E-state index is 4.81. The van der Waals surface area contributed by atoms with Gasteiger partial charge in [0.1, 0.15) is 11.9 Å². The molecule has 0 saturated heterocycles. The van der Waals surface area contributed by atoms with Gasteiger partial charge >= 0.3 is 0 Å². The lowest BCUT2D eigenvalue weighted by atomic mass is 10.0. The SMILES string of the molecule is c1ccc(-[n+]2c(-c3ncc(-c4ccc(-n5c6ccccc6c6ccccc65)cc4)cn3)cn3ccccc32)cc1.c1ccc(-c2ccc(-c3cc4ccccc4n3-c3ccc(-n4c5ccccc5c5ccccc54)cc3)cc2)cc1.c1ccc(-c2cn(-c3ccc(-n4c5ccccc5c5ccccc54)cc3)c3ccccc23)cc1. The average molecular weight is 1460 g/mol. The molecular formula is C105H72N9+. The van der Waals surface area contributed by atoms with Crippen molar-refractivity contribution in [1.82, 2.24) is 37.2 Å². The Kier molecular flexibility index (Phi) is 16.7. The minimum absolute atomic E-state index is 0.679. The zero-order valence-corrected chi connectivity index (χ0v) is 62.1. The van der Waals surface area contributed by atoms with E-state index in [0.717, 1.165) is 50.9 Å². The molecule has 9 nitrogen and oxygen atoms in total. The predicted octanol–water partition coefficient (Wildman–Crippen LogP) is 25.9. The highest BCUT2D eigenvalue weighted by Gasteiger charge is 2.24. The van der Waals surface area contributed by atoms with Crippen LogP contribution in [-0.4, -0.2) is 37.2 Å². The Morgan fingerprint density at radius 3 is 1.08 bits per heavy atom. The zero-order valence-electron chi connectivity index (χ0n) is 62.1. The molecule has 8 aromatic heterocycles. The highest BCUT2D eigenvalue weighted by atomic mass is 15.1. The molecule has 15 aromatic carbocycles. The van der Waals surface area contributed by atoms with Gasteiger partial charge in [0.2, 0.25) is 11.5 Å². The fourth-order valence-corrected chi connectivity index (χ4v) is 16.9. The fourth-order valence-electron chi connectivity index (χ4n) is 16.9. The van der Waals surface area contributed by atoms with Gasteiger partial charge in [-0.2, -0.15) is 4.57 Å². The number of imidazole rings is 1. The van der Waals surface area contributed by atoms with Gasteiger partial charge in [-0.05, 0) is 161 Å². The van der Waals surface area contributed by atoms with E-state index in [1.165, 1.54) is 126 Å². The number of hydrogen-bond donors (Lipinski definition) is 0. The third-order valence-corrected chi connectivity index (χ3v) is 22.2. The molecule has 9 heteroatoms. The molecule has 114 heavy (non-hydrogen) atoms. The topological polar surface area (TPSA) is 58.7 Å². The summed E-state index contributed by atoms with van der Waals surface area (Å²) in [5, 5.41) is 10.1. The first-order valence-corrected chi connectivity index (χ1v) is 38.7. The van der Waals surface area contributed by atoms with E-state index in [1.54, 1.807) is 0 Å². The molecule has 0 unspecified atom stereocenters. The van der Waals surface area contributed by atoms with Crippen LogP contribution in [0.5, 0.6) is 0 Å². The molecule has 536 valence electrons. The van der Waals surface area contributed by atoms with Gasteiger partial charge in [-0.3, -0.25) is 0 Å². The summed E-state index contributed by atoms with van der Waals surface area (Å²) in [5.74, 6) is 0.679. The van der Waals surface area contributed by atoms with E-state index in [-0.39, 0.29) is 0 Å². The first-order valence-electron chi connectivity index (χ1n) is 38.7. The van der Waals surface area contributed by atoms with E-state index in [4.69, 9.17) is 9.97 Å². The third-order valence-electron chi connectivity index (χ3n) is 22.2. The Hall–Kier alpha value is -15.5. The van der Waals surface area contributed by atoms with Crippen LogP contribution in [0.15, 0.2) is 437 Å². The molecule has 0 radical (unpaired) electrons. The molecule has 0 bridgehead atoms. The van der Waals surface area contributed by atoms with E-state index < -0.39 is 0 Å². The van der Waals surface area contributed by atoms with Crippen LogP contribution < -0.4 is 4.57 Å². The summed E-state index contributed by atoms with van der Waals surface area (Å²) in [5.41, 5.74) is 27.9. The monoisotopic (exact) mass is 1460 g/mol. The molecule has 23 aromatic rings. The molecule has 0 atom stereocenters. The summed E-state index contributed by atoms with van der Waals surface area (Å²) in [4.78, 5) is 9.62. The Morgan fingerprint density at radius 1 is 0.237 bits per heavy atom. The molecular weight excluding hydrogens is 1390 g/mol. The summed E-state index contributed by atoms with van der Waals surface area (Å²) in [7, 11) is 0. The van der Waals surface area contributed by atoms with Gasteiger partial charge in [-0.25, -0.2) is 14.4 Å². The van der Waals surface area contributed by atoms with Crippen molar-refractivity contribution in [3.05, 3.63) is 437 Å². The maximum Gasteiger partial charge on any atom is 0.291 e. The van der Waals surface area contributed by atoms with Gasteiger partial charge in [-0.15, -0.1) is 0 Å². The molecule has 0 aliphatic carbocycles. The highest BCUT2D eigenvalue weighted by Crippen LogP contribution is 2.40. The summed E-state index contributed by atoms with van der Waals surface area (Å²) in [6, 6.07) is 144. The second kappa shape index (κ2) is 28.5. The lowest BCUT2D eigenvalue weighted by molar-refractivity contribution is -0.555. The average Bonchev–Trinajstić information content (AvgIpc) is 1.62. The fraction of sp³-hybridized carbons (Fsp3) is 0. The normalized spacial score (nSPS) is 11.5. The van der Waals surface area contributed by atoms with E-state index in [2.05, 4.69) is 420 Å². The van der Waals surface area contributed by atoms with Crippen LogP contribution in [-0.2, 0) is 0 Å². The number of fused-ring (bicyclic) bond motifs is 12. The summed E-state index contributed by atoms with van der Waals surface area (Å²) >= 11 is 0. The van der Waals surface area contributed by atoms with Crippen LogP contribution in [0.25, 0.3) is 183 Å². The minimum Gasteiger partial charge on any atom is -0.316 e. The number of nitrogens with zero attached hydrogens (tertiary/aromatic N) is 9. The molecule has 0 N–H and O–H groups in total. The smallest absolute Gasteiger partial charge is 0.291 e. The molecule has 0 aliphatic rings. The van der Waals surface area contributed by atoms with Crippen LogP contribution in [0.4, 0.5) is 0 Å². The van der Waals surface area contributed by atoms with Crippen molar-refractivity contribution < 1.29 is 4.57 Å². The Balaban J connectivity index is 0.000000108. The lowest BCUT2D eigenvalue weighted by Crippen LogP contribution is -2.32. The van der Waals surface area contributed by atoms with E-state index in [0.29, 0.717) is 5.82 Å². The van der Waals surface area contributed by atoms with Crippen LogP contribution >= 0.6 is 0 Å². The van der Waals surface area contributed by atoms with Crippen molar-refractivity contribution in [1.29, 1.82) is 0 Å². The molecule has 0 aliphatic heterocycles. The third kappa shape index (κ3) is 11.8. The second-order valence-electron chi connectivity index (χ2n) is 28.8.